The van der Waals surface area contributed by atoms with E-state index in [-0.39, 0.29) is 17.8 Å². The molecule has 1 aliphatic rings. The lowest BCUT2D eigenvalue weighted by molar-refractivity contribution is 0.0140. The van der Waals surface area contributed by atoms with Crippen molar-refractivity contribution in [2.75, 3.05) is 26.2 Å². The number of hydrogen-bond acceptors (Lipinski definition) is 4. The molecule has 2 heterocycles. The van der Waals surface area contributed by atoms with E-state index in [1.807, 2.05) is 20.8 Å². The average molecular weight is 388 g/mol. The van der Waals surface area contributed by atoms with Gasteiger partial charge in [-0.25, -0.2) is 13.9 Å². The lowest BCUT2D eigenvalue weighted by atomic mass is 10.2. The number of aromatic nitrogens is 2. The lowest BCUT2D eigenvalue weighted by Crippen LogP contribution is -2.51. The zero-order valence-electron chi connectivity index (χ0n) is 16.6. The number of hydrogen-bond donors (Lipinski definition) is 0. The van der Waals surface area contributed by atoms with Crippen molar-refractivity contribution < 1.29 is 18.7 Å². The van der Waals surface area contributed by atoms with Crippen molar-refractivity contribution in [3.63, 3.8) is 0 Å². The van der Waals surface area contributed by atoms with E-state index < -0.39 is 5.60 Å². The predicted octanol–water partition coefficient (Wildman–Crippen LogP) is 3.01. The molecule has 150 valence electrons. The summed E-state index contributed by atoms with van der Waals surface area (Å²) in [6, 6.07) is 5.94. The highest BCUT2D eigenvalue weighted by Crippen LogP contribution is 2.18. The molecule has 0 radical (unpaired) electrons. The highest BCUT2D eigenvalue weighted by atomic mass is 19.1. The minimum absolute atomic E-state index is 0.130. The van der Waals surface area contributed by atoms with Gasteiger partial charge in [-0.05, 0) is 52.0 Å². The summed E-state index contributed by atoms with van der Waals surface area (Å²) >= 11 is 0. The first-order chi connectivity index (χ1) is 13.2. The molecule has 0 N–H and O–H groups in total. The fourth-order valence-corrected chi connectivity index (χ4v) is 3.05. The molecular formula is C20H25FN4O3. The van der Waals surface area contributed by atoms with Gasteiger partial charge in [0.25, 0.3) is 5.91 Å². The first kappa shape index (κ1) is 19.9. The van der Waals surface area contributed by atoms with Gasteiger partial charge in [-0.2, -0.15) is 5.10 Å². The first-order valence-electron chi connectivity index (χ1n) is 9.23. The van der Waals surface area contributed by atoms with E-state index in [0.29, 0.717) is 43.1 Å². The van der Waals surface area contributed by atoms with Crippen molar-refractivity contribution in [1.82, 2.24) is 19.6 Å². The van der Waals surface area contributed by atoms with Gasteiger partial charge in [0.2, 0.25) is 0 Å². The Morgan fingerprint density at radius 3 is 2.18 bits per heavy atom. The first-order valence-corrected chi connectivity index (χ1v) is 9.23. The smallest absolute Gasteiger partial charge is 0.410 e. The Morgan fingerprint density at radius 2 is 1.61 bits per heavy atom. The number of halogens is 1. The predicted molar refractivity (Wildman–Crippen MR) is 102 cm³/mol. The maximum Gasteiger partial charge on any atom is 0.410 e. The second-order valence-electron chi connectivity index (χ2n) is 7.79. The monoisotopic (exact) mass is 388 g/mol. The van der Waals surface area contributed by atoms with E-state index >= 15 is 0 Å². The SMILES string of the molecule is Cc1c(C(=O)N2CCN(C(=O)OC(C)(C)C)CC2)cnn1-c1ccc(F)cc1. The summed E-state index contributed by atoms with van der Waals surface area (Å²) in [4.78, 5) is 28.4. The maximum absolute atomic E-state index is 13.1. The van der Waals surface area contributed by atoms with Gasteiger partial charge in [0.15, 0.2) is 0 Å². The van der Waals surface area contributed by atoms with Crippen molar-refractivity contribution >= 4 is 12.0 Å². The highest BCUT2D eigenvalue weighted by molar-refractivity contribution is 5.95. The molecule has 1 fully saturated rings. The van der Waals surface area contributed by atoms with Crippen LogP contribution in [0.4, 0.5) is 9.18 Å². The van der Waals surface area contributed by atoms with Crippen LogP contribution in [0.5, 0.6) is 0 Å². The van der Waals surface area contributed by atoms with Crippen molar-refractivity contribution in [2.24, 2.45) is 0 Å². The van der Waals surface area contributed by atoms with Gasteiger partial charge in [-0.15, -0.1) is 0 Å². The van der Waals surface area contributed by atoms with Crippen LogP contribution < -0.4 is 0 Å². The van der Waals surface area contributed by atoms with E-state index in [2.05, 4.69) is 5.10 Å². The molecule has 7 nitrogen and oxygen atoms in total. The normalized spacial score (nSPS) is 14.9. The van der Waals surface area contributed by atoms with Crippen LogP contribution in [-0.4, -0.2) is 63.4 Å². The molecule has 1 aromatic heterocycles. The van der Waals surface area contributed by atoms with E-state index in [4.69, 9.17) is 4.74 Å². The van der Waals surface area contributed by atoms with Gasteiger partial charge in [0.1, 0.15) is 11.4 Å². The van der Waals surface area contributed by atoms with Crippen molar-refractivity contribution in [1.29, 1.82) is 0 Å². The summed E-state index contributed by atoms with van der Waals surface area (Å²) in [5, 5.41) is 4.28. The quantitative estimate of drug-likeness (QED) is 0.793. The highest BCUT2D eigenvalue weighted by Gasteiger charge is 2.29. The average Bonchev–Trinajstić information content (AvgIpc) is 3.02. The third-order valence-corrected chi connectivity index (χ3v) is 4.53. The molecule has 1 saturated heterocycles. The van der Waals surface area contributed by atoms with Crippen LogP contribution in [-0.2, 0) is 4.74 Å². The summed E-state index contributed by atoms with van der Waals surface area (Å²) in [6.45, 7) is 8.99. The van der Waals surface area contributed by atoms with E-state index in [1.54, 1.807) is 33.5 Å². The maximum atomic E-state index is 13.1. The zero-order valence-corrected chi connectivity index (χ0v) is 16.6. The Hall–Kier alpha value is -2.90. The number of benzene rings is 1. The lowest BCUT2D eigenvalue weighted by Gasteiger charge is -2.35. The van der Waals surface area contributed by atoms with E-state index in [9.17, 15) is 14.0 Å². The topological polar surface area (TPSA) is 67.7 Å². The summed E-state index contributed by atoms with van der Waals surface area (Å²) in [7, 11) is 0. The summed E-state index contributed by atoms with van der Waals surface area (Å²) in [5.74, 6) is -0.456. The number of piperazine rings is 1. The summed E-state index contributed by atoms with van der Waals surface area (Å²) in [6.07, 6.45) is 1.17. The summed E-state index contributed by atoms with van der Waals surface area (Å²) in [5.41, 5.74) is 1.32. The Balaban J connectivity index is 1.66. The number of ether oxygens (including phenoxy) is 1. The summed E-state index contributed by atoms with van der Waals surface area (Å²) < 4.78 is 20.1. The number of amides is 2. The van der Waals surface area contributed by atoms with E-state index in [1.165, 1.54) is 18.3 Å². The van der Waals surface area contributed by atoms with Gasteiger partial charge in [-0.1, -0.05) is 0 Å². The Bertz CT molecular complexity index is 863. The molecule has 3 rings (SSSR count). The van der Waals surface area contributed by atoms with Gasteiger partial charge in [-0.3, -0.25) is 4.79 Å². The van der Waals surface area contributed by atoms with Crippen LogP contribution >= 0.6 is 0 Å². The van der Waals surface area contributed by atoms with Crippen LogP contribution in [0.1, 0.15) is 36.8 Å². The largest absolute Gasteiger partial charge is 0.444 e. The minimum atomic E-state index is -0.546. The number of carbonyl (C=O) groups is 2. The fraction of sp³-hybridized carbons (Fsp3) is 0.450. The standard InChI is InChI=1S/C20H25FN4O3/c1-14-17(13-22-25(14)16-7-5-15(21)6-8-16)18(26)23-9-11-24(12-10-23)19(27)28-20(2,3)4/h5-8,13H,9-12H2,1-4H3. The molecule has 0 unspecified atom stereocenters. The molecule has 1 aliphatic heterocycles. The fourth-order valence-electron chi connectivity index (χ4n) is 3.05. The number of nitrogens with zero attached hydrogens (tertiary/aromatic N) is 4. The molecule has 0 spiro atoms. The molecule has 8 heteroatoms. The van der Waals surface area contributed by atoms with Crippen LogP contribution in [0.2, 0.25) is 0 Å². The van der Waals surface area contributed by atoms with Gasteiger partial charge < -0.3 is 14.5 Å². The van der Waals surface area contributed by atoms with Crippen LogP contribution in [0.3, 0.4) is 0 Å². The molecule has 0 aliphatic carbocycles. The molecule has 1 aromatic carbocycles. The van der Waals surface area contributed by atoms with Crippen molar-refractivity contribution in [3.05, 3.63) is 47.5 Å². The Kier molecular flexibility index (Phi) is 5.40. The number of carbonyl (C=O) groups excluding carboxylic acids is 2. The zero-order chi connectivity index (χ0) is 20.5. The molecule has 0 saturated carbocycles. The van der Waals surface area contributed by atoms with Crippen LogP contribution in [0.25, 0.3) is 5.69 Å². The Morgan fingerprint density at radius 1 is 1.04 bits per heavy atom. The molecule has 28 heavy (non-hydrogen) atoms. The van der Waals surface area contributed by atoms with Gasteiger partial charge in [0.05, 0.1) is 23.1 Å². The van der Waals surface area contributed by atoms with Gasteiger partial charge in [0, 0.05) is 26.2 Å². The van der Waals surface area contributed by atoms with Crippen LogP contribution in [0.15, 0.2) is 30.5 Å². The molecular weight excluding hydrogens is 363 g/mol. The second kappa shape index (κ2) is 7.61. The second-order valence-corrected chi connectivity index (χ2v) is 7.79. The molecule has 0 atom stereocenters. The third kappa shape index (κ3) is 4.32. The molecule has 2 aromatic rings. The van der Waals surface area contributed by atoms with Crippen molar-refractivity contribution in [2.45, 2.75) is 33.3 Å². The van der Waals surface area contributed by atoms with Crippen molar-refractivity contribution in [3.8, 4) is 5.69 Å². The third-order valence-electron chi connectivity index (χ3n) is 4.53. The van der Waals surface area contributed by atoms with E-state index in [0.717, 1.165) is 0 Å². The molecule has 0 bridgehead atoms. The van der Waals surface area contributed by atoms with Gasteiger partial charge >= 0.3 is 6.09 Å². The van der Waals surface area contributed by atoms with Crippen LogP contribution in [0, 0.1) is 12.7 Å². The Labute approximate surface area is 163 Å². The minimum Gasteiger partial charge on any atom is -0.444 e. The number of rotatable bonds is 2. The molecule has 2 amide bonds.